The van der Waals surface area contributed by atoms with E-state index in [2.05, 4.69) is 78.1 Å². The van der Waals surface area contributed by atoms with E-state index in [1.807, 2.05) is 54.8 Å². The first-order chi connectivity index (χ1) is 27.6. The van der Waals surface area contributed by atoms with Crippen LogP contribution in [-0.2, 0) is 14.2 Å². The molecule has 4 atom stereocenters. The fraction of sp³-hybridized carbons (Fsp3) is 0.426. The molecule has 10 rings (SSSR count). The molecule has 2 aliphatic carbocycles. The predicted octanol–water partition coefficient (Wildman–Crippen LogP) is 8.53. The summed E-state index contributed by atoms with van der Waals surface area (Å²) >= 11 is 0. The van der Waals surface area contributed by atoms with Crippen molar-refractivity contribution in [2.75, 3.05) is 52.5 Å². The Hall–Kier alpha value is -5.06. The molecule has 58 heavy (non-hydrogen) atoms. The van der Waals surface area contributed by atoms with Crippen molar-refractivity contribution < 1.29 is 28.6 Å². The van der Waals surface area contributed by atoms with Crippen molar-refractivity contribution in [2.24, 2.45) is 11.8 Å². The SMILES string of the molecule is CC(C)(C)OC(=O)N1CC2CCN(C(=O)OCC3c4ccccc4-c4ccccc43)C2C1.Cl.O=C(OCC1c2ccccc2-c2ccccc21)N1CCC2CNCC21. The first kappa shape index (κ1) is 39.8. The summed E-state index contributed by atoms with van der Waals surface area (Å²) < 4.78 is 17.2. The third-order valence-electron chi connectivity index (χ3n) is 12.8. The average Bonchev–Trinajstić information content (AvgIpc) is 4.06. The number of hydrogen-bond donors (Lipinski definition) is 1. The van der Waals surface area contributed by atoms with Gasteiger partial charge in [0, 0.05) is 57.0 Å². The monoisotopic (exact) mass is 804 g/mol. The van der Waals surface area contributed by atoms with Crippen LogP contribution in [0.2, 0.25) is 0 Å². The Balaban J connectivity index is 0.000000163. The third kappa shape index (κ3) is 7.52. The fourth-order valence-electron chi connectivity index (χ4n) is 10.1. The lowest BCUT2D eigenvalue weighted by Crippen LogP contribution is -2.42. The van der Waals surface area contributed by atoms with Gasteiger partial charge in [0.15, 0.2) is 0 Å². The molecule has 6 aliphatic rings. The second-order valence-corrected chi connectivity index (χ2v) is 17.3. The van der Waals surface area contributed by atoms with Crippen LogP contribution in [0.5, 0.6) is 0 Å². The normalized spacial score (nSPS) is 22.4. The van der Waals surface area contributed by atoms with Crippen LogP contribution in [0.3, 0.4) is 0 Å². The molecule has 1 N–H and O–H groups in total. The van der Waals surface area contributed by atoms with E-state index in [0.29, 0.717) is 44.8 Å². The minimum absolute atomic E-state index is 0. The highest BCUT2D eigenvalue weighted by Crippen LogP contribution is 2.46. The van der Waals surface area contributed by atoms with Crippen LogP contribution in [0.25, 0.3) is 22.3 Å². The first-order valence-corrected chi connectivity index (χ1v) is 20.6. The number of hydrogen-bond acceptors (Lipinski definition) is 7. The molecule has 0 saturated carbocycles. The van der Waals surface area contributed by atoms with E-state index in [1.54, 1.807) is 4.90 Å². The zero-order valence-corrected chi connectivity index (χ0v) is 34.3. The summed E-state index contributed by atoms with van der Waals surface area (Å²) in [6, 6.07) is 33.9. The smallest absolute Gasteiger partial charge is 0.410 e. The van der Waals surface area contributed by atoms with Gasteiger partial charge in [-0.3, -0.25) is 0 Å². The molecule has 4 saturated heterocycles. The molecule has 4 unspecified atom stereocenters. The molecule has 0 radical (unpaired) electrons. The van der Waals surface area contributed by atoms with Gasteiger partial charge in [-0.1, -0.05) is 97.1 Å². The number of likely N-dealkylation sites (tertiary alicyclic amines) is 3. The number of rotatable bonds is 4. The number of nitrogens with zero attached hydrogens (tertiary/aromatic N) is 3. The molecule has 4 aromatic rings. The lowest BCUT2D eigenvalue weighted by Gasteiger charge is -2.27. The number of halogens is 1. The second-order valence-electron chi connectivity index (χ2n) is 17.3. The van der Waals surface area contributed by atoms with Gasteiger partial charge in [-0.25, -0.2) is 14.4 Å². The number of amides is 3. The molecule has 304 valence electrons. The molecule has 4 aromatic carbocycles. The molecule has 10 nitrogen and oxygen atoms in total. The summed E-state index contributed by atoms with van der Waals surface area (Å²) in [6.07, 6.45) is 1.22. The summed E-state index contributed by atoms with van der Waals surface area (Å²) in [7, 11) is 0. The highest BCUT2D eigenvalue weighted by Gasteiger charge is 2.47. The zero-order valence-electron chi connectivity index (χ0n) is 33.5. The van der Waals surface area contributed by atoms with E-state index in [1.165, 1.54) is 44.5 Å². The van der Waals surface area contributed by atoms with Gasteiger partial charge in [0.25, 0.3) is 0 Å². The van der Waals surface area contributed by atoms with Crippen LogP contribution in [0.4, 0.5) is 14.4 Å². The van der Waals surface area contributed by atoms with Crippen molar-refractivity contribution in [1.82, 2.24) is 20.0 Å². The Morgan fingerprint density at radius 1 is 0.586 bits per heavy atom. The molecule has 4 heterocycles. The number of carbonyl (C=O) groups excluding carboxylic acids is 3. The summed E-state index contributed by atoms with van der Waals surface area (Å²) in [5, 5.41) is 3.38. The van der Waals surface area contributed by atoms with E-state index in [-0.39, 0.29) is 54.5 Å². The quantitative estimate of drug-likeness (QED) is 0.207. The lowest BCUT2D eigenvalue weighted by atomic mass is 9.98. The van der Waals surface area contributed by atoms with Crippen molar-refractivity contribution in [1.29, 1.82) is 0 Å². The van der Waals surface area contributed by atoms with Gasteiger partial charge in [0.2, 0.25) is 0 Å². The maximum atomic E-state index is 13.0. The van der Waals surface area contributed by atoms with Gasteiger partial charge in [-0.2, -0.15) is 0 Å². The number of fused-ring (bicyclic) bond motifs is 8. The van der Waals surface area contributed by atoms with Crippen molar-refractivity contribution in [3.8, 4) is 22.3 Å². The molecule has 0 aromatic heterocycles. The highest BCUT2D eigenvalue weighted by atomic mass is 35.5. The summed E-state index contributed by atoms with van der Waals surface area (Å²) in [5.41, 5.74) is 9.37. The molecular weight excluding hydrogens is 752 g/mol. The Kier molecular flexibility index (Phi) is 11.2. The van der Waals surface area contributed by atoms with Crippen molar-refractivity contribution in [3.05, 3.63) is 119 Å². The molecule has 0 spiro atoms. The minimum Gasteiger partial charge on any atom is -0.448 e. The van der Waals surface area contributed by atoms with Crippen LogP contribution < -0.4 is 5.32 Å². The van der Waals surface area contributed by atoms with E-state index >= 15 is 0 Å². The molecule has 0 bridgehead atoms. The summed E-state index contributed by atoms with van der Waals surface area (Å²) in [5.74, 6) is 1.06. The van der Waals surface area contributed by atoms with Crippen LogP contribution in [0.1, 0.15) is 67.7 Å². The molecule has 3 amide bonds. The maximum absolute atomic E-state index is 13.0. The second kappa shape index (κ2) is 16.3. The van der Waals surface area contributed by atoms with Gasteiger partial charge >= 0.3 is 18.3 Å². The van der Waals surface area contributed by atoms with Gasteiger partial charge in [0.1, 0.15) is 18.8 Å². The maximum Gasteiger partial charge on any atom is 0.410 e. The topological polar surface area (TPSA) is 101 Å². The summed E-state index contributed by atoms with van der Waals surface area (Å²) in [4.78, 5) is 43.6. The Morgan fingerprint density at radius 3 is 1.48 bits per heavy atom. The number of carbonyl (C=O) groups is 3. The minimum atomic E-state index is -0.527. The van der Waals surface area contributed by atoms with E-state index in [4.69, 9.17) is 14.2 Å². The van der Waals surface area contributed by atoms with E-state index in [0.717, 1.165) is 32.5 Å². The molecule has 4 fully saturated rings. The van der Waals surface area contributed by atoms with Crippen molar-refractivity contribution >= 4 is 30.7 Å². The van der Waals surface area contributed by atoms with Crippen LogP contribution in [-0.4, -0.2) is 103 Å². The molecular formula is C47H53ClN4O6. The number of benzene rings is 4. The van der Waals surface area contributed by atoms with Gasteiger partial charge in [-0.15, -0.1) is 12.4 Å². The fourth-order valence-corrected chi connectivity index (χ4v) is 10.1. The van der Waals surface area contributed by atoms with Crippen LogP contribution in [0.15, 0.2) is 97.1 Å². The van der Waals surface area contributed by atoms with Gasteiger partial charge in [0.05, 0.1) is 12.1 Å². The lowest BCUT2D eigenvalue weighted by molar-refractivity contribution is 0.0267. The Labute approximate surface area is 347 Å². The van der Waals surface area contributed by atoms with Crippen molar-refractivity contribution in [3.63, 3.8) is 0 Å². The third-order valence-corrected chi connectivity index (χ3v) is 12.8. The van der Waals surface area contributed by atoms with E-state index < -0.39 is 5.60 Å². The standard InChI is InChI=1S/C26H30N2O4.C21H22N2O2.ClH/c1-26(2,3)32-24(29)27-14-17-12-13-28(23(17)15-27)25(30)31-16-22-20-10-6-4-8-18(20)19-9-5-7-11-21(19)22;24-21(23-10-9-14-11-22-12-20(14)23)25-13-19-17-7-3-1-5-15(17)16-6-2-4-8-18(16)19;/h4-11,17,22-23H,12-16H2,1-3H3;1-8,14,19-20,22H,9-13H2;1H. The Bertz CT molecular complexity index is 2080. The molecule has 11 heteroatoms. The van der Waals surface area contributed by atoms with Crippen LogP contribution >= 0.6 is 12.4 Å². The van der Waals surface area contributed by atoms with Gasteiger partial charge in [-0.05, 0) is 84.0 Å². The highest BCUT2D eigenvalue weighted by molar-refractivity contribution is 5.85. The van der Waals surface area contributed by atoms with E-state index in [9.17, 15) is 14.4 Å². The number of ether oxygens (including phenoxy) is 3. The van der Waals surface area contributed by atoms with Crippen LogP contribution in [0, 0.1) is 11.8 Å². The molecule has 4 aliphatic heterocycles. The Morgan fingerprint density at radius 2 is 1.02 bits per heavy atom. The largest absolute Gasteiger partial charge is 0.448 e. The van der Waals surface area contributed by atoms with Gasteiger partial charge < -0.3 is 34.2 Å². The zero-order chi connectivity index (χ0) is 39.3. The average molecular weight is 805 g/mol. The van der Waals surface area contributed by atoms with Crippen molar-refractivity contribution in [2.45, 2.75) is 63.1 Å². The summed E-state index contributed by atoms with van der Waals surface area (Å²) in [6.45, 7) is 10.9. The first-order valence-electron chi connectivity index (χ1n) is 20.6. The number of nitrogens with one attached hydrogen (secondary N) is 1. The predicted molar refractivity (Wildman–Crippen MR) is 225 cm³/mol.